The van der Waals surface area contributed by atoms with Crippen molar-refractivity contribution in [2.75, 3.05) is 12.0 Å². The van der Waals surface area contributed by atoms with Crippen LogP contribution in [0.3, 0.4) is 0 Å². The summed E-state index contributed by atoms with van der Waals surface area (Å²) in [7, 11) is 0. The zero-order valence-electron chi connectivity index (χ0n) is 11.4. The highest BCUT2D eigenvalue weighted by atomic mass is 35.5. The largest absolute Gasteiger partial charge is 0.351 e. The molecule has 5 heteroatoms. The van der Waals surface area contributed by atoms with E-state index in [9.17, 15) is 4.79 Å². The predicted octanol–water partition coefficient (Wildman–Crippen LogP) is 2.70. The molecule has 4 nitrogen and oxygen atoms in total. The van der Waals surface area contributed by atoms with Gasteiger partial charge in [-0.3, -0.25) is 10.6 Å². The van der Waals surface area contributed by atoms with Gasteiger partial charge in [-0.05, 0) is 35.7 Å². The van der Waals surface area contributed by atoms with Crippen LogP contribution in [-0.4, -0.2) is 12.5 Å². The smallest absolute Gasteiger partial charge is 0.253 e. The molecule has 0 aromatic heterocycles. The summed E-state index contributed by atoms with van der Waals surface area (Å²) in [5.41, 5.74) is 6.22. The Morgan fingerprint density at radius 3 is 2.86 bits per heavy atom. The number of rotatable bonds is 4. The summed E-state index contributed by atoms with van der Waals surface area (Å²) in [5, 5.41) is 3.46. The third kappa shape index (κ3) is 2.73. The second-order valence-electron chi connectivity index (χ2n) is 5.14. The van der Waals surface area contributed by atoms with Crippen molar-refractivity contribution < 1.29 is 4.79 Å². The zero-order chi connectivity index (χ0) is 14.8. The van der Waals surface area contributed by atoms with Crippen LogP contribution in [0.1, 0.15) is 27.4 Å². The van der Waals surface area contributed by atoms with Crippen molar-refractivity contribution in [2.45, 2.75) is 12.3 Å². The van der Waals surface area contributed by atoms with Crippen LogP contribution in [0.15, 0.2) is 42.5 Å². The maximum atomic E-state index is 12.3. The van der Waals surface area contributed by atoms with Crippen molar-refractivity contribution in [3.63, 3.8) is 0 Å². The Hall–Kier alpha value is -2.04. The molecule has 4 N–H and O–H groups in total. The molecule has 0 saturated heterocycles. The van der Waals surface area contributed by atoms with Gasteiger partial charge in [0.05, 0.1) is 11.3 Å². The average molecular weight is 302 g/mol. The molecule has 0 aliphatic heterocycles. The lowest BCUT2D eigenvalue weighted by molar-refractivity contribution is 0.0951. The van der Waals surface area contributed by atoms with Gasteiger partial charge in [0, 0.05) is 17.5 Å². The first-order valence-corrected chi connectivity index (χ1v) is 7.19. The number of fused-ring (bicyclic) bond motifs is 1. The monoisotopic (exact) mass is 301 g/mol. The van der Waals surface area contributed by atoms with E-state index in [-0.39, 0.29) is 5.91 Å². The first-order valence-electron chi connectivity index (χ1n) is 6.81. The van der Waals surface area contributed by atoms with Gasteiger partial charge in [0.1, 0.15) is 0 Å². The van der Waals surface area contributed by atoms with Gasteiger partial charge >= 0.3 is 0 Å². The minimum Gasteiger partial charge on any atom is -0.351 e. The molecule has 0 saturated carbocycles. The van der Waals surface area contributed by atoms with Gasteiger partial charge in [-0.1, -0.05) is 35.9 Å². The van der Waals surface area contributed by atoms with Crippen LogP contribution in [0.2, 0.25) is 5.02 Å². The normalized spacial score (nSPS) is 15.8. The lowest BCUT2D eigenvalue weighted by atomic mass is 9.77. The van der Waals surface area contributed by atoms with Gasteiger partial charge in [-0.15, -0.1) is 0 Å². The Kier molecular flexibility index (Phi) is 3.82. The number of hydrogen-bond acceptors (Lipinski definition) is 3. The van der Waals surface area contributed by atoms with Crippen LogP contribution in [0.5, 0.6) is 0 Å². The van der Waals surface area contributed by atoms with Crippen molar-refractivity contribution in [3.8, 4) is 0 Å². The number of amides is 1. The maximum Gasteiger partial charge on any atom is 0.253 e. The molecule has 1 aliphatic carbocycles. The third-order valence-electron chi connectivity index (χ3n) is 3.85. The van der Waals surface area contributed by atoms with Crippen molar-refractivity contribution in [2.24, 2.45) is 5.84 Å². The highest BCUT2D eigenvalue weighted by molar-refractivity contribution is 6.31. The van der Waals surface area contributed by atoms with Gasteiger partial charge in [-0.2, -0.15) is 0 Å². The van der Waals surface area contributed by atoms with Gasteiger partial charge in [0.15, 0.2) is 0 Å². The average Bonchev–Trinajstić information content (AvgIpc) is 2.48. The number of nitrogens with one attached hydrogen (secondary N) is 2. The van der Waals surface area contributed by atoms with E-state index < -0.39 is 0 Å². The van der Waals surface area contributed by atoms with Crippen molar-refractivity contribution in [1.29, 1.82) is 0 Å². The second kappa shape index (κ2) is 5.76. The molecule has 1 aliphatic rings. The molecule has 0 radical (unpaired) electrons. The topological polar surface area (TPSA) is 67.1 Å². The van der Waals surface area contributed by atoms with E-state index in [2.05, 4.69) is 22.9 Å². The molecule has 2 aromatic carbocycles. The summed E-state index contributed by atoms with van der Waals surface area (Å²) >= 11 is 5.94. The number of carbonyl (C=O) groups excluding carboxylic acids is 1. The quantitative estimate of drug-likeness (QED) is 0.601. The van der Waals surface area contributed by atoms with Crippen molar-refractivity contribution in [3.05, 3.63) is 64.2 Å². The molecule has 3 rings (SSSR count). The number of anilines is 1. The zero-order valence-corrected chi connectivity index (χ0v) is 12.2. The summed E-state index contributed by atoms with van der Waals surface area (Å²) < 4.78 is 0. The summed E-state index contributed by atoms with van der Waals surface area (Å²) in [4.78, 5) is 12.3. The van der Waals surface area contributed by atoms with Crippen LogP contribution in [-0.2, 0) is 6.42 Å². The minimum absolute atomic E-state index is 0.171. The fourth-order valence-electron chi connectivity index (χ4n) is 2.69. The van der Waals surface area contributed by atoms with Crippen LogP contribution in [0.4, 0.5) is 5.69 Å². The first-order chi connectivity index (χ1) is 10.2. The lowest BCUT2D eigenvalue weighted by Gasteiger charge is -2.30. The molecule has 0 bridgehead atoms. The lowest BCUT2D eigenvalue weighted by Crippen LogP contribution is -2.33. The van der Waals surface area contributed by atoms with Crippen LogP contribution in [0, 0.1) is 0 Å². The summed E-state index contributed by atoms with van der Waals surface area (Å²) in [6.07, 6.45) is 1.01. The Morgan fingerprint density at radius 2 is 2.10 bits per heavy atom. The third-order valence-corrected chi connectivity index (χ3v) is 4.09. The molecule has 1 unspecified atom stereocenters. The molecule has 21 heavy (non-hydrogen) atoms. The van der Waals surface area contributed by atoms with E-state index in [1.54, 1.807) is 18.2 Å². The molecule has 0 fully saturated rings. The number of hydrazine groups is 1. The Bertz CT molecular complexity index is 687. The number of hydrogen-bond donors (Lipinski definition) is 3. The molecular weight excluding hydrogens is 286 g/mol. The van der Waals surface area contributed by atoms with Gasteiger partial charge < -0.3 is 10.7 Å². The molecular formula is C16H16ClN3O. The van der Waals surface area contributed by atoms with Crippen molar-refractivity contribution in [1.82, 2.24) is 5.32 Å². The Balaban J connectivity index is 1.67. The predicted molar refractivity (Wildman–Crippen MR) is 84.5 cm³/mol. The first kappa shape index (κ1) is 13.9. The number of nitrogens with two attached hydrogens (primary N) is 1. The number of halogens is 1. The fraction of sp³-hybridized carbons (Fsp3) is 0.188. The molecule has 0 spiro atoms. The SMILES string of the molecule is NNc1ccc(Cl)cc1C(=O)NCC1Cc2ccccc21. The van der Waals surface area contributed by atoms with Crippen molar-refractivity contribution >= 4 is 23.2 Å². The molecule has 1 atom stereocenters. The molecule has 2 aromatic rings. The summed E-state index contributed by atoms with van der Waals surface area (Å²) in [6.45, 7) is 0.617. The van der Waals surface area contributed by atoms with Gasteiger partial charge in [0.2, 0.25) is 0 Å². The van der Waals surface area contributed by atoms with E-state index in [1.807, 2.05) is 12.1 Å². The maximum absolute atomic E-state index is 12.3. The highest BCUT2D eigenvalue weighted by Gasteiger charge is 2.25. The number of carbonyl (C=O) groups is 1. The Morgan fingerprint density at radius 1 is 1.29 bits per heavy atom. The molecule has 1 amide bonds. The van der Waals surface area contributed by atoms with E-state index in [4.69, 9.17) is 17.4 Å². The molecule has 108 valence electrons. The van der Waals surface area contributed by atoms with Crippen LogP contribution < -0.4 is 16.6 Å². The van der Waals surface area contributed by atoms with Crippen LogP contribution >= 0.6 is 11.6 Å². The van der Waals surface area contributed by atoms with E-state index in [1.165, 1.54) is 11.1 Å². The number of benzene rings is 2. The standard InChI is InChI=1S/C16H16ClN3O/c17-12-5-6-15(20-18)14(8-12)16(21)19-9-11-7-10-3-1-2-4-13(10)11/h1-6,8,11,20H,7,9,18H2,(H,19,21). The van der Waals surface area contributed by atoms with E-state index in [0.29, 0.717) is 28.7 Å². The fourth-order valence-corrected chi connectivity index (χ4v) is 2.86. The number of nitrogen functional groups attached to an aromatic ring is 1. The summed E-state index contributed by atoms with van der Waals surface area (Å²) in [5.74, 6) is 5.64. The van der Waals surface area contributed by atoms with Crippen LogP contribution in [0.25, 0.3) is 0 Å². The van der Waals surface area contributed by atoms with Gasteiger partial charge in [-0.25, -0.2) is 0 Å². The highest BCUT2D eigenvalue weighted by Crippen LogP contribution is 2.34. The summed E-state index contributed by atoms with van der Waals surface area (Å²) in [6, 6.07) is 13.3. The Labute approximate surface area is 128 Å². The molecule has 0 heterocycles. The second-order valence-corrected chi connectivity index (χ2v) is 5.58. The van der Waals surface area contributed by atoms with Gasteiger partial charge in [0.25, 0.3) is 5.91 Å². The minimum atomic E-state index is -0.171. The van der Waals surface area contributed by atoms with E-state index in [0.717, 1.165) is 6.42 Å². The van der Waals surface area contributed by atoms with E-state index >= 15 is 0 Å².